The van der Waals surface area contributed by atoms with E-state index >= 15 is 0 Å². The SMILES string of the molecule is CC[Si](CC)(CC)OC1(CO)OC=CC1(C)C. The topological polar surface area (TPSA) is 38.7 Å². The molecule has 0 saturated carbocycles. The highest BCUT2D eigenvalue weighted by Crippen LogP contribution is 2.44. The summed E-state index contributed by atoms with van der Waals surface area (Å²) in [5, 5.41) is 9.73. The van der Waals surface area contributed by atoms with Crippen molar-refractivity contribution in [2.24, 2.45) is 5.41 Å². The van der Waals surface area contributed by atoms with Crippen molar-refractivity contribution in [2.45, 2.75) is 58.5 Å². The van der Waals surface area contributed by atoms with E-state index in [1.165, 1.54) is 0 Å². The van der Waals surface area contributed by atoms with Crippen molar-refractivity contribution < 1.29 is 14.3 Å². The first-order chi connectivity index (χ1) is 7.91. The minimum absolute atomic E-state index is 0.0955. The van der Waals surface area contributed by atoms with E-state index in [0.29, 0.717) is 0 Å². The molecule has 100 valence electrons. The molecule has 1 N–H and O–H groups in total. The van der Waals surface area contributed by atoms with Crippen molar-refractivity contribution in [3.63, 3.8) is 0 Å². The van der Waals surface area contributed by atoms with Crippen molar-refractivity contribution in [3.8, 4) is 0 Å². The van der Waals surface area contributed by atoms with Crippen molar-refractivity contribution in [3.05, 3.63) is 12.3 Å². The fourth-order valence-electron chi connectivity index (χ4n) is 2.34. The molecule has 1 unspecified atom stereocenters. The van der Waals surface area contributed by atoms with Gasteiger partial charge >= 0.3 is 0 Å². The van der Waals surface area contributed by atoms with Crippen LogP contribution in [0.15, 0.2) is 12.3 Å². The molecule has 0 amide bonds. The molecule has 0 spiro atoms. The van der Waals surface area contributed by atoms with E-state index in [4.69, 9.17) is 9.16 Å². The number of ether oxygens (including phenoxy) is 1. The Balaban J connectivity index is 2.97. The van der Waals surface area contributed by atoms with Gasteiger partial charge in [-0.05, 0) is 38.1 Å². The summed E-state index contributed by atoms with van der Waals surface area (Å²) in [6.45, 7) is 10.5. The normalized spacial score (nSPS) is 27.2. The highest BCUT2D eigenvalue weighted by atomic mass is 28.4. The zero-order valence-corrected chi connectivity index (χ0v) is 12.7. The number of hydrogen-bond donors (Lipinski definition) is 1. The molecular weight excluding hydrogens is 232 g/mol. The van der Waals surface area contributed by atoms with Gasteiger partial charge in [-0.15, -0.1) is 0 Å². The molecule has 1 aliphatic rings. The van der Waals surface area contributed by atoms with Crippen LogP contribution >= 0.6 is 0 Å². The van der Waals surface area contributed by atoms with Crippen LogP contribution in [-0.2, 0) is 9.16 Å². The van der Waals surface area contributed by atoms with E-state index in [1.807, 2.05) is 19.9 Å². The minimum Gasteiger partial charge on any atom is -0.468 e. The van der Waals surface area contributed by atoms with Crippen LogP contribution in [0.2, 0.25) is 18.1 Å². The molecule has 1 heterocycles. The molecule has 1 atom stereocenters. The minimum atomic E-state index is -1.79. The second kappa shape index (κ2) is 5.12. The van der Waals surface area contributed by atoms with Crippen molar-refractivity contribution in [1.82, 2.24) is 0 Å². The lowest BCUT2D eigenvalue weighted by atomic mass is 9.85. The second-order valence-electron chi connectivity index (χ2n) is 5.40. The van der Waals surface area contributed by atoms with Crippen LogP contribution in [0, 0.1) is 5.41 Å². The van der Waals surface area contributed by atoms with E-state index in [1.54, 1.807) is 6.26 Å². The molecule has 0 bridgehead atoms. The Morgan fingerprint density at radius 3 is 2.00 bits per heavy atom. The van der Waals surface area contributed by atoms with Crippen LogP contribution in [0.25, 0.3) is 0 Å². The van der Waals surface area contributed by atoms with Crippen molar-refractivity contribution in [1.29, 1.82) is 0 Å². The van der Waals surface area contributed by atoms with Crippen LogP contribution in [0.1, 0.15) is 34.6 Å². The summed E-state index contributed by atoms with van der Waals surface area (Å²) in [6, 6.07) is 3.17. The van der Waals surface area contributed by atoms with Gasteiger partial charge < -0.3 is 14.3 Å². The Labute approximate surface area is 106 Å². The van der Waals surface area contributed by atoms with Crippen LogP contribution in [0.4, 0.5) is 0 Å². The first-order valence-electron chi connectivity index (χ1n) is 6.57. The van der Waals surface area contributed by atoms with Crippen LogP contribution in [0.3, 0.4) is 0 Å². The molecule has 1 rings (SSSR count). The molecule has 0 aromatic heterocycles. The van der Waals surface area contributed by atoms with Crippen molar-refractivity contribution in [2.75, 3.05) is 6.61 Å². The molecule has 0 aromatic carbocycles. The zero-order chi connectivity index (χ0) is 13.2. The predicted molar refractivity (Wildman–Crippen MR) is 72.1 cm³/mol. The Bertz CT molecular complexity index is 276. The maximum Gasteiger partial charge on any atom is 0.232 e. The highest BCUT2D eigenvalue weighted by Gasteiger charge is 2.53. The average Bonchev–Trinajstić information content (AvgIpc) is 2.62. The lowest BCUT2D eigenvalue weighted by molar-refractivity contribution is -0.214. The van der Waals surface area contributed by atoms with Gasteiger partial charge in [-0.25, -0.2) is 0 Å². The quantitative estimate of drug-likeness (QED) is 0.743. The van der Waals surface area contributed by atoms with Crippen LogP contribution in [-0.4, -0.2) is 25.8 Å². The maximum atomic E-state index is 9.73. The van der Waals surface area contributed by atoms with E-state index < -0.39 is 14.1 Å². The molecule has 0 aromatic rings. The van der Waals surface area contributed by atoms with Gasteiger partial charge in [0.05, 0.1) is 11.7 Å². The molecule has 4 heteroatoms. The van der Waals surface area contributed by atoms with Gasteiger partial charge in [0.15, 0.2) is 8.32 Å². The van der Waals surface area contributed by atoms with Crippen LogP contribution in [0.5, 0.6) is 0 Å². The summed E-state index contributed by atoms with van der Waals surface area (Å²) in [6.07, 6.45) is 3.64. The molecular formula is C13H26O3Si. The van der Waals surface area contributed by atoms with Gasteiger partial charge in [-0.2, -0.15) is 0 Å². The van der Waals surface area contributed by atoms with Crippen LogP contribution < -0.4 is 0 Å². The van der Waals surface area contributed by atoms with Gasteiger partial charge in [0.25, 0.3) is 0 Å². The van der Waals surface area contributed by atoms with Gasteiger partial charge in [0.2, 0.25) is 5.79 Å². The summed E-state index contributed by atoms with van der Waals surface area (Å²) < 4.78 is 12.1. The summed E-state index contributed by atoms with van der Waals surface area (Å²) in [4.78, 5) is 0. The lowest BCUT2D eigenvalue weighted by Gasteiger charge is -2.44. The van der Waals surface area contributed by atoms with E-state index in [-0.39, 0.29) is 12.0 Å². The summed E-state index contributed by atoms with van der Waals surface area (Å²) >= 11 is 0. The largest absolute Gasteiger partial charge is 0.468 e. The molecule has 0 saturated heterocycles. The second-order valence-corrected chi connectivity index (χ2v) is 10.1. The molecule has 0 fully saturated rings. The lowest BCUT2D eigenvalue weighted by Crippen LogP contribution is -2.55. The fourth-order valence-corrected chi connectivity index (χ4v) is 5.35. The standard InChI is InChI=1S/C13H26O3Si/c1-6-17(7-2,8-3)16-13(11-14)12(4,5)9-10-15-13/h9-10,14H,6-8,11H2,1-5H3. The molecule has 3 nitrogen and oxygen atoms in total. The van der Waals surface area contributed by atoms with E-state index in [0.717, 1.165) is 18.1 Å². The summed E-state index contributed by atoms with van der Waals surface area (Å²) in [7, 11) is -1.79. The van der Waals surface area contributed by atoms with Gasteiger partial charge in [0.1, 0.15) is 6.61 Å². The Kier molecular flexibility index (Phi) is 4.44. The first-order valence-corrected chi connectivity index (χ1v) is 9.10. The third-order valence-corrected chi connectivity index (χ3v) is 8.88. The number of rotatable bonds is 6. The molecule has 0 aliphatic carbocycles. The smallest absolute Gasteiger partial charge is 0.232 e. The van der Waals surface area contributed by atoms with E-state index in [2.05, 4.69) is 20.8 Å². The fraction of sp³-hybridized carbons (Fsp3) is 0.846. The number of aliphatic hydroxyl groups is 1. The monoisotopic (exact) mass is 258 g/mol. The van der Waals surface area contributed by atoms with Gasteiger partial charge in [-0.1, -0.05) is 20.8 Å². The Morgan fingerprint density at radius 1 is 1.18 bits per heavy atom. The average molecular weight is 258 g/mol. The number of aliphatic hydroxyl groups excluding tert-OH is 1. The van der Waals surface area contributed by atoms with Crippen molar-refractivity contribution >= 4 is 8.32 Å². The Hall–Kier alpha value is -0.323. The van der Waals surface area contributed by atoms with Gasteiger partial charge in [0, 0.05) is 0 Å². The predicted octanol–water partition coefficient (Wildman–Crippen LogP) is 3.27. The molecule has 17 heavy (non-hydrogen) atoms. The Morgan fingerprint density at radius 2 is 1.71 bits per heavy atom. The first kappa shape index (κ1) is 14.7. The third kappa shape index (κ3) is 2.44. The maximum absolute atomic E-state index is 9.73. The zero-order valence-electron chi connectivity index (χ0n) is 11.7. The highest BCUT2D eigenvalue weighted by molar-refractivity contribution is 6.73. The van der Waals surface area contributed by atoms with E-state index in [9.17, 15) is 5.11 Å². The summed E-state index contributed by atoms with van der Waals surface area (Å²) in [5.41, 5.74) is -0.278. The summed E-state index contributed by atoms with van der Waals surface area (Å²) in [5.74, 6) is -0.874. The van der Waals surface area contributed by atoms with Gasteiger partial charge in [-0.3, -0.25) is 0 Å². The third-order valence-electron chi connectivity index (χ3n) is 4.25. The molecule has 1 aliphatic heterocycles. The number of hydrogen-bond acceptors (Lipinski definition) is 3. The molecule has 0 radical (unpaired) electrons.